The van der Waals surface area contributed by atoms with Gasteiger partial charge in [-0.1, -0.05) is 42.5 Å². The van der Waals surface area contributed by atoms with Crippen LogP contribution >= 0.6 is 23.2 Å². The van der Waals surface area contributed by atoms with Crippen molar-refractivity contribution < 1.29 is 9.53 Å². The van der Waals surface area contributed by atoms with Crippen molar-refractivity contribution in [2.45, 2.75) is 44.2 Å². The van der Waals surface area contributed by atoms with Crippen molar-refractivity contribution >= 4 is 40.0 Å². The second-order valence-electron chi connectivity index (χ2n) is 8.12. The van der Waals surface area contributed by atoms with Crippen LogP contribution < -0.4 is 10.9 Å². The summed E-state index contributed by atoms with van der Waals surface area (Å²) in [7, 11) is 0. The van der Waals surface area contributed by atoms with E-state index >= 15 is 0 Å². The minimum absolute atomic E-state index is 0.0225. The second-order valence-corrected chi connectivity index (χ2v) is 8.97. The summed E-state index contributed by atoms with van der Waals surface area (Å²) >= 11 is 12.2. The highest BCUT2D eigenvalue weighted by atomic mass is 35.5. The highest BCUT2D eigenvalue weighted by Crippen LogP contribution is 2.33. The number of amides is 1. The smallest absolute Gasteiger partial charge is 0.261 e. The summed E-state index contributed by atoms with van der Waals surface area (Å²) in [5.74, 6) is -0.204. The van der Waals surface area contributed by atoms with Gasteiger partial charge in [-0.2, -0.15) is 0 Å². The van der Waals surface area contributed by atoms with Gasteiger partial charge in [0.25, 0.3) is 5.56 Å². The van der Waals surface area contributed by atoms with Gasteiger partial charge < -0.3 is 10.1 Å². The Hall–Kier alpha value is -1.67. The van der Waals surface area contributed by atoms with Crippen molar-refractivity contribution in [1.29, 1.82) is 0 Å². The lowest BCUT2D eigenvalue weighted by atomic mass is 9.79. The Morgan fingerprint density at radius 1 is 1.17 bits per heavy atom. The topological polar surface area (TPSA) is 76.5 Å². The zero-order valence-electron chi connectivity index (χ0n) is 16.8. The van der Waals surface area contributed by atoms with Gasteiger partial charge in [-0.3, -0.25) is 19.1 Å². The van der Waals surface area contributed by atoms with E-state index in [-0.39, 0.29) is 23.6 Å². The van der Waals surface area contributed by atoms with Gasteiger partial charge in [0.1, 0.15) is 6.54 Å². The molecule has 2 heterocycles. The van der Waals surface area contributed by atoms with Crippen LogP contribution in [0.5, 0.6) is 0 Å². The first-order valence-electron chi connectivity index (χ1n) is 10.4. The van der Waals surface area contributed by atoms with E-state index in [1.54, 1.807) is 6.07 Å². The number of benzene rings is 1. The quantitative estimate of drug-likeness (QED) is 0.754. The molecule has 0 bridgehead atoms. The Bertz CT molecular complexity index is 982. The number of carbonyl (C=O) groups excluding carboxylic acids is 1. The summed E-state index contributed by atoms with van der Waals surface area (Å²) in [6.07, 6.45) is 7.08. The van der Waals surface area contributed by atoms with Crippen LogP contribution in [0, 0.1) is 0 Å². The lowest BCUT2D eigenvalue weighted by molar-refractivity contribution is -0.123. The first-order valence-corrected chi connectivity index (χ1v) is 11.2. The van der Waals surface area contributed by atoms with Gasteiger partial charge in [0.15, 0.2) is 0 Å². The fourth-order valence-corrected chi connectivity index (χ4v) is 5.18. The third-order valence-corrected chi connectivity index (χ3v) is 6.75. The molecule has 162 valence electrons. The van der Waals surface area contributed by atoms with Crippen LogP contribution in [0.25, 0.3) is 10.9 Å². The van der Waals surface area contributed by atoms with Crippen LogP contribution in [0.3, 0.4) is 0 Å². The number of hydrogen-bond donors (Lipinski definition) is 1. The summed E-state index contributed by atoms with van der Waals surface area (Å²) in [4.78, 5) is 32.2. The van der Waals surface area contributed by atoms with E-state index in [9.17, 15) is 9.59 Å². The molecule has 1 aromatic carbocycles. The van der Waals surface area contributed by atoms with E-state index in [1.807, 2.05) is 0 Å². The standard InChI is InChI=1S/C21H26Cl2N4O3/c22-15-10-16-19(17(23)11-15)25-14-26(20(16)29)12-18(28)24-13-21(4-2-1-3-5-21)27-6-8-30-9-7-27/h10-11,14H,1-9,12-13H2,(H,24,28). The first-order chi connectivity index (χ1) is 14.5. The van der Waals surface area contributed by atoms with Crippen molar-refractivity contribution in [3.8, 4) is 0 Å². The molecule has 7 nitrogen and oxygen atoms in total. The van der Waals surface area contributed by atoms with Crippen LogP contribution in [0.2, 0.25) is 10.0 Å². The second kappa shape index (κ2) is 9.22. The summed E-state index contributed by atoms with van der Waals surface area (Å²) < 4.78 is 6.81. The summed E-state index contributed by atoms with van der Waals surface area (Å²) in [5.41, 5.74) is 0.0297. The van der Waals surface area contributed by atoms with Crippen LogP contribution in [-0.4, -0.2) is 58.7 Å². The Balaban J connectivity index is 1.47. The van der Waals surface area contributed by atoms with Crippen molar-refractivity contribution in [3.05, 3.63) is 38.9 Å². The lowest BCUT2D eigenvalue weighted by Gasteiger charge is -2.48. The molecule has 1 N–H and O–H groups in total. The molecule has 1 aliphatic heterocycles. The minimum Gasteiger partial charge on any atom is -0.379 e. The number of carbonyl (C=O) groups is 1. The predicted molar refractivity (Wildman–Crippen MR) is 117 cm³/mol. The molecule has 1 saturated carbocycles. The Kier molecular flexibility index (Phi) is 6.63. The molecule has 0 atom stereocenters. The molecule has 0 radical (unpaired) electrons. The molecule has 30 heavy (non-hydrogen) atoms. The first kappa shape index (κ1) is 21.6. The van der Waals surface area contributed by atoms with Crippen molar-refractivity contribution in [2.75, 3.05) is 32.8 Å². The molecule has 0 spiro atoms. The van der Waals surface area contributed by atoms with E-state index < -0.39 is 0 Å². The van der Waals surface area contributed by atoms with Crippen molar-refractivity contribution in [2.24, 2.45) is 0 Å². The van der Waals surface area contributed by atoms with E-state index in [0.29, 0.717) is 27.5 Å². The number of ether oxygens (including phenoxy) is 1. The number of morpholine rings is 1. The summed E-state index contributed by atoms with van der Waals surface area (Å²) in [6, 6.07) is 3.08. The molecule has 2 fully saturated rings. The van der Waals surface area contributed by atoms with Crippen LogP contribution in [-0.2, 0) is 16.1 Å². The zero-order valence-corrected chi connectivity index (χ0v) is 18.3. The van der Waals surface area contributed by atoms with E-state index in [0.717, 1.165) is 39.1 Å². The Morgan fingerprint density at radius 3 is 2.63 bits per heavy atom. The molecule has 1 aliphatic carbocycles. The van der Waals surface area contributed by atoms with E-state index in [4.69, 9.17) is 27.9 Å². The van der Waals surface area contributed by atoms with E-state index in [1.165, 1.54) is 36.2 Å². The van der Waals surface area contributed by atoms with Gasteiger partial charge in [0, 0.05) is 30.2 Å². The Morgan fingerprint density at radius 2 is 1.90 bits per heavy atom. The highest BCUT2D eigenvalue weighted by Gasteiger charge is 2.38. The number of aromatic nitrogens is 2. The van der Waals surface area contributed by atoms with Gasteiger partial charge in [-0.05, 0) is 25.0 Å². The average molecular weight is 453 g/mol. The molecular formula is C21H26Cl2N4O3. The van der Waals surface area contributed by atoms with Crippen LogP contribution in [0.4, 0.5) is 0 Å². The largest absolute Gasteiger partial charge is 0.379 e. The molecule has 4 rings (SSSR count). The maximum Gasteiger partial charge on any atom is 0.261 e. The predicted octanol–water partition coefficient (Wildman–Crippen LogP) is 2.85. The fraction of sp³-hybridized carbons (Fsp3) is 0.571. The third-order valence-electron chi connectivity index (χ3n) is 6.24. The number of rotatable bonds is 5. The van der Waals surface area contributed by atoms with Gasteiger partial charge in [-0.25, -0.2) is 4.98 Å². The maximum absolute atomic E-state index is 12.8. The van der Waals surface area contributed by atoms with Crippen molar-refractivity contribution in [1.82, 2.24) is 19.8 Å². The van der Waals surface area contributed by atoms with E-state index in [2.05, 4.69) is 15.2 Å². The van der Waals surface area contributed by atoms with Crippen LogP contribution in [0.15, 0.2) is 23.3 Å². The number of halogens is 2. The number of hydrogen-bond acceptors (Lipinski definition) is 5. The molecule has 0 unspecified atom stereocenters. The van der Waals surface area contributed by atoms with Crippen LogP contribution in [0.1, 0.15) is 32.1 Å². The van der Waals surface area contributed by atoms with Gasteiger partial charge in [0.2, 0.25) is 5.91 Å². The molecule has 2 aromatic rings. The molecule has 1 amide bonds. The number of nitrogens with one attached hydrogen (secondary N) is 1. The lowest BCUT2D eigenvalue weighted by Crippen LogP contribution is -2.59. The maximum atomic E-state index is 12.8. The summed E-state index contributed by atoms with van der Waals surface area (Å²) in [5, 5.41) is 4.06. The molecule has 9 heteroatoms. The zero-order chi connectivity index (χ0) is 21.1. The molecular weight excluding hydrogens is 427 g/mol. The SMILES string of the molecule is O=C(Cn1cnc2c(Cl)cc(Cl)cc2c1=O)NCC1(N2CCOCC2)CCCCC1. The molecule has 1 aromatic heterocycles. The van der Waals surface area contributed by atoms with Crippen molar-refractivity contribution in [3.63, 3.8) is 0 Å². The number of fused-ring (bicyclic) bond motifs is 1. The normalized spacial score (nSPS) is 19.7. The monoisotopic (exact) mass is 452 g/mol. The summed E-state index contributed by atoms with van der Waals surface area (Å²) in [6.45, 7) is 3.75. The van der Waals surface area contributed by atoms with Gasteiger partial charge in [-0.15, -0.1) is 0 Å². The highest BCUT2D eigenvalue weighted by molar-refractivity contribution is 6.38. The minimum atomic E-state index is -0.333. The number of nitrogens with zero attached hydrogens (tertiary/aromatic N) is 3. The van der Waals surface area contributed by atoms with Gasteiger partial charge in [0.05, 0.1) is 35.5 Å². The average Bonchev–Trinajstić information content (AvgIpc) is 2.76. The fourth-order valence-electron chi connectivity index (χ4n) is 4.63. The molecule has 2 aliphatic rings. The Labute approximate surface area is 185 Å². The van der Waals surface area contributed by atoms with Gasteiger partial charge >= 0.3 is 0 Å². The molecule has 1 saturated heterocycles. The third kappa shape index (κ3) is 4.49.